The van der Waals surface area contributed by atoms with E-state index in [0.29, 0.717) is 0 Å². The number of nitrogens with zero attached hydrogens (tertiary/aromatic N) is 3. The van der Waals surface area contributed by atoms with Crippen LogP contribution in [0, 0.1) is 6.92 Å². The van der Waals surface area contributed by atoms with Crippen LogP contribution >= 0.6 is 0 Å². The van der Waals surface area contributed by atoms with Crippen LogP contribution in [0.15, 0.2) is 42.4 Å². The summed E-state index contributed by atoms with van der Waals surface area (Å²) in [4.78, 5) is 4.04. The third-order valence-electron chi connectivity index (χ3n) is 3.32. The summed E-state index contributed by atoms with van der Waals surface area (Å²) in [5.41, 5.74) is 3.62. The number of aromatic nitrogens is 3. The molecule has 0 fully saturated rings. The van der Waals surface area contributed by atoms with Crippen molar-refractivity contribution in [1.29, 1.82) is 0 Å². The van der Waals surface area contributed by atoms with Crippen LogP contribution in [-0.4, -0.2) is 14.8 Å². The minimum atomic E-state index is 0.750. The van der Waals surface area contributed by atoms with Gasteiger partial charge >= 0.3 is 0 Å². The van der Waals surface area contributed by atoms with Gasteiger partial charge in [-0.3, -0.25) is 4.98 Å². The summed E-state index contributed by atoms with van der Waals surface area (Å²) in [6.07, 6.45) is 7.86. The average molecular weight is 270 g/mol. The van der Waals surface area contributed by atoms with E-state index >= 15 is 0 Å². The predicted molar refractivity (Wildman–Crippen MR) is 82.6 cm³/mol. The predicted octanol–water partition coefficient (Wildman–Crippen LogP) is 3.75. The van der Waals surface area contributed by atoms with Gasteiger partial charge in [-0.1, -0.05) is 19.4 Å². The van der Waals surface area contributed by atoms with E-state index in [2.05, 4.69) is 41.5 Å². The molecule has 2 heterocycles. The molecular weight excluding hydrogens is 248 g/mol. The molecule has 1 N–H and O–H groups in total. The van der Waals surface area contributed by atoms with E-state index in [4.69, 9.17) is 0 Å². The first kappa shape index (κ1) is 14.3. The Morgan fingerprint density at radius 1 is 1.25 bits per heavy atom. The molecule has 0 saturated carbocycles. The molecule has 0 bridgehead atoms. The maximum Gasteiger partial charge on any atom is 0.128 e. The first-order chi connectivity index (χ1) is 9.72. The molecule has 2 aromatic rings. The van der Waals surface area contributed by atoms with Gasteiger partial charge in [0, 0.05) is 24.7 Å². The zero-order valence-electron chi connectivity index (χ0n) is 12.4. The molecule has 0 aromatic carbocycles. The van der Waals surface area contributed by atoms with Crippen molar-refractivity contribution in [2.45, 2.75) is 40.2 Å². The van der Waals surface area contributed by atoms with Crippen molar-refractivity contribution in [2.75, 3.05) is 5.32 Å². The molecule has 2 rings (SSSR count). The molecule has 0 aliphatic rings. The van der Waals surface area contributed by atoms with E-state index < -0.39 is 0 Å². The summed E-state index contributed by atoms with van der Waals surface area (Å²) in [6.45, 7) is 7.12. The van der Waals surface area contributed by atoms with E-state index in [1.807, 2.05) is 36.1 Å². The number of pyridine rings is 1. The number of aryl methyl sites for hydroxylation is 1. The molecule has 0 aliphatic heterocycles. The van der Waals surface area contributed by atoms with Gasteiger partial charge in [0.25, 0.3) is 0 Å². The van der Waals surface area contributed by atoms with Crippen LogP contribution in [0.3, 0.4) is 0 Å². The van der Waals surface area contributed by atoms with E-state index in [1.54, 1.807) is 0 Å². The number of hydrogen-bond acceptors (Lipinski definition) is 3. The minimum Gasteiger partial charge on any atom is -0.347 e. The van der Waals surface area contributed by atoms with Gasteiger partial charge in [0.1, 0.15) is 5.82 Å². The fraction of sp³-hybridized carbons (Fsp3) is 0.375. The van der Waals surface area contributed by atoms with Crippen LogP contribution in [0.25, 0.3) is 0 Å². The Morgan fingerprint density at radius 3 is 2.60 bits per heavy atom. The second-order valence-corrected chi connectivity index (χ2v) is 4.84. The zero-order valence-corrected chi connectivity index (χ0v) is 12.4. The highest BCUT2D eigenvalue weighted by molar-refractivity contribution is 5.41. The Kier molecular flexibility index (Phi) is 4.93. The smallest absolute Gasteiger partial charge is 0.128 e. The largest absolute Gasteiger partial charge is 0.347 e. The minimum absolute atomic E-state index is 0.750. The lowest BCUT2D eigenvalue weighted by atomic mass is 10.2. The molecule has 0 aliphatic carbocycles. The van der Waals surface area contributed by atoms with Gasteiger partial charge in [-0.05, 0) is 37.5 Å². The van der Waals surface area contributed by atoms with Gasteiger partial charge < -0.3 is 5.32 Å². The molecule has 0 radical (unpaired) electrons. The van der Waals surface area contributed by atoms with Crippen LogP contribution in [0.5, 0.6) is 0 Å². The number of rotatable bonds is 6. The number of nitrogens with one attached hydrogen (secondary N) is 1. The van der Waals surface area contributed by atoms with Gasteiger partial charge in [-0.2, -0.15) is 5.10 Å². The first-order valence-corrected chi connectivity index (χ1v) is 7.10. The highest BCUT2D eigenvalue weighted by Gasteiger charge is 2.05. The topological polar surface area (TPSA) is 42.7 Å². The summed E-state index contributed by atoms with van der Waals surface area (Å²) < 4.78 is 1.99. The SMILES string of the molecule is CCC(=CNc1cc(C)nn1Cc1ccncc1)CC. The van der Waals surface area contributed by atoms with Gasteiger partial charge in [-0.15, -0.1) is 0 Å². The molecule has 4 nitrogen and oxygen atoms in total. The van der Waals surface area contributed by atoms with Crippen LogP contribution in [0.1, 0.15) is 37.9 Å². The van der Waals surface area contributed by atoms with Crippen LogP contribution < -0.4 is 5.32 Å². The molecule has 0 saturated heterocycles. The Morgan fingerprint density at radius 2 is 1.95 bits per heavy atom. The van der Waals surface area contributed by atoms with Crippen molar-refractivity contribution in [3.8, 4) is 0 Å². The second kappa shape index (κ2) is 6.89. The lowest BCUT2D eigenvalue weighted by Gasteiger charge is -2.08. The maximum atomic E-state index is 4.54. The standard InChI is InChI=1S/C16H22N4/c1-4-14(5-2)11-18-16-10-13(3)19-20(16)12-15-6-8-17-9-7-15/h6-11,18H,4-5,12H2,1-3H3. The van der Waals surface area contributed by atoms with E-state index in [0.717, 1.165) is 30.9 Å². The van der Waals surface area contributed by atoms with Crippen LogP contribution in [-0.2, 0) is 6.54 Å². The molecule has 0 spiro atoms. The Hall–Kier alpha value is -2.10. The molecular formula is C16H22N4. The number of hydrogen-bond donors (Lipinski definition) is 1. The summed E-state index contributed by atoms with van der Waals surface area (Å²) in [7, 11) is 0. The fourth-order valence-electron chi connectivity index (χ4n) is 2.07. The van der Waals surface area contributed by atoms with Crippen molar-refractivity contribution in [1.82, 2.24) is 14.8 Å². The van der Waals surface area contributed by atoms with Crippen LogP contribution in [0.4, 0.5) is 5.82 Å². The number of anilines is 1. The van der Waals surface area contributed by atoms with E-state index in [1.165, 1.54) is 11.1 Å². The highest BCUT2D eigenvalue weighted by atomic mass is 15.3. The molecule has 20 heavy (non-hydrogen) atoms. The van der Waals surface area contributed by atoms with Gasteiger partial charge in [0.15, 0.2) is 0 Å². The summed E-state index contributed by atoms with van der Waals surface area (Å²) in [6, 6.07) is 6.10. The summed E-state index contributed by atoms with van der Waals surface area (Å²) in [5.74, 6) is 1.03. The van der Waals surface area contributed by atoms with Gasteiger partial charge in [0.2, 0.25) is 0 Å². The normalized spacial score (nSPS) is 10.3. The Balaban J connectivity index is 2.16. The van der Waals surface area contributed by atoms with E-state index in [-0.39, 0.29) is 0 Å². The Labute approximate surface area is 120 Å². The molecule has 106 valence electrons. The second-order valence-electron chi connectivity index (χ2n) is 4.84. The van der Waals surface area contributed by atoms with Crippen molar-refractivity contribution in [2.24, 2.45) is 0 Å². The third-order valence-corrected chi connectivity index (χ3v) is 3.32. The first-order valence-electron chi connectivity index (χ1n) is 7.10. The molecule has 2 aromatic heterocycles. The fourth-order valence-corrected chi connectivity index (χ4v) is 2.07. The quantitative estimate of drug-likeness (QED) is 0.869. The van der Waals surface area contributed by atoms with Crippen molar-refractivity contribution >= 4 is 5.82 Å². The average Bonchev–Trinajstić information content (AvgIpc) is 2.81. The van der Waals surface area contributed by atoms with Gasteiger partial charge in [-0.25, -0.2) is 4.68 Å². The van der Waals surface area contributed by atoms with Crippen molar-refractivity contribution in [3.63, 3.8) is 0 Å². The number of allylic oxidation sites excluding steroid dienone is 1. The summed E-state index contributed by atoms with van der Waals surface area (Å²) in [5, 5.41) is 7.92. The molecule has 0 atom stereocenters. The molecule has 4 heteroatoms. The van der Waals surface area contributed by atoms with Crippen LogP contribution in [0.2, 0.25) is 0 Å². The third kappa shape index (κ3) is 3.70. The molecule has 0 unspecified atom stereocenters. The zero-order chi connectivity index (χ0) is 14.4. The Bertz CT molecular complexity index is 563. The summed E-state index contributed by atoms with van der Waals surface area (Å²) >= 11 is 0. The molecule has 0 amide bonds. The lowest BCUT2D eigenvalue weighted by Crippen LogP contribution is -2.06. The van der Waals surface area contributed by atoms with Crippen molar-refractivity contribution in [3.05, 3.63) is 53.6 Å². The monoisotopic (exact) mass is 270 g/mol. The lowest BCUT2D eigenvalue weighted by molar-refractivity contribution is 0.686. The highest BCUT2D eigenvalue weighted by Crippen LogP contribution is 2.14. The van der Waals surface area contributed by atoms with Gasteiger partial charge in [0.05, 0.1) is 12.2 Å². The maximum absolute atomic E-state index is 4.54. The van der Waals surface area contributed by atoms with E-state index in [9.17, 15) is 0 Å². The van der Waals surface area contributed by atoms with Crippen molar-refractivity contribution < 1.29 is 0 Å².